The number of para-hydroxylation sites is 2. The average Bonchev–Trinajstić information content (AvgIpc) is 3.03. The van der Waals surface area contributed by atoms with Crippen molar-refractivity contribution in [3.8, 4) is 5.75 Å². The van der Waals surface area contributed by atoms with Gasteiger partial charge >= 0.3 is 0 Å². The lowest BCUT2D eigenvalue weighted by molar-refractivity contribution is 0.211. The number of hydrogen-bond donors (Lipinski definition) is 0. The van der Waals surface area contributed by atoms with Gasteiger partial charge in [0.1, 0.15) is 11.9 Å². The lowest BCUT2D eigenvalue weighted by Gasteiger charge is -2.13. The summed E-state index contributed by atoms with van der Waals surface area (Å²) in [6.45, 7) is 0.821. The second kappa shape index (κ2) is 4.57. The smallest absolute Gasteiger partial charge is 0.123 e. The second-order valence-corrected chi connectivity index (χ2v) is 5.60. The lowest BCUT2D eigenvalue weighted by atomic mass is 10.1. The molecule has 100 valence electrons. The number of halogens is 1. The minimum absolute atomic E-state index is 0.180. The van der Waals surface area contributed by atoms with Gasteiger partial charge in [0, 0.05) is 18.0 Å². The van der Waals surface area contributed by atoms with Crippen LogP contribution in [0.1, 0.15) is 5.56 Å². The van der Waals surface area contributed by atoms with Crippen LogP contribution >= 0.6 is 11.6 Å². The minimum Gasteiger partial charge on any atom is -0.488 e. The molecule has 2 nitrogen and oxygen atoms in total. The highest BCUT2D eigenvalue weighted by atomic mass is 35.5. The van der Waals surface area contributed by atoms with Crippen LogP contribution in [0.15, 0.2) is 54.7 Å². The first-order valence-electron chi connectivity index (χ1n) is 6.79. The summed E-state index contributed by atoms with van der Waals surface area (Å²) in [5, 5.41) is 1.97. The molecule has 0 bridgehead atoms. The van der Waals surface area contributed by atoms with Gasteiger partial charge in [0.25, 0.3) is 0 Å². The van der Waals surface area contributed by atoms with E-state index < -0.39 is 0 Å². The summed E-state index contributed by atoms with van der Waals surface area (Å²) in [6.07, 6.45) is 3.22. The zero-order valence-electron chi connectivity index (χ0n) is 10.9. The van der Waals surface area contributed by atoms with Crippen molar-refractivity contribution in [2.24, 2.45) is 0 Å². The maximum absolute atomic E-state index is 6.32. The van der Waals surface area contributed by atoms with Gasteiger partial charge in [-0.3, -0.25) is 0 Å². The maximum atomic E-state index is 6.32. The molecule has 0 N–H and O–H groups in total. The van der Waals surface area contributed by atoms with E-state index >= 15 is 0 Å². The van der Waals surface area contributed by atoms with Gasteiger partial charge in [0.05, 0.1) is 17.1 Å². The van der Waals surface area contributed by atoms with Crippen molar-refractivity contribution in [2.75, 3.05) is 0 Å². The van der Waals surface area contributed by atoms with E-state index in [1.807, 2.05) is 24.3 Å². The fourth-order valence-electron chi connectivity index (χ4n) is 2.94. The Balaban J connectivity index is 1.64. The van der Waals surface area contributed by atoms with Crippen LogP contribution < -0.4 is 4.74 Å². The molecule has 2 aromatic carbocycles. The predicted octanol–water partition coefficient (Wildman–Crippen LogP) is 4.30. The standard InChI is InChI=1S/C17H14ClNO/c18-15-6-3-5-12-8-9-19(17(12)15)11-14-10-13-4-1-2-7-16(13)20-14/h1-9,14H,10-11H2. The van der Waals surface area contributed by atoms with Crippen LogP contribution in [0.25, 0.3) is 10.9 Å². The van der Waals surface area contributed by atoms with Crippen LogP contribution in [0.3, 0.4) is 0 Å². The van der Waals surface area contributed by atoms with Gasteiger partial charge < -0.3 is 9.30 Å². The average molecular weight is 284 g/mol. The molecular formula is C17H14ClNO. The Hall–Kier alpha value is -1.93. The van der Waals surface area contributed by atoms with Crippen molar-refractivity contribution in [1.29, 1.82) is 0 Å². The van der Waals surface area contributed by atoms with Gasteiger partial charge in [-0.25, -0.2) is 0 Å². The molecule has 1 aliphatic heterocycles. The molecule has 0 amide bonds. The van der Waals surface area contributed by atoms with Gasteiger partial charge in [-0.05, 0) is 23.8 Å². The van der Waals surface area contributed by atoms with E-state index in [2.05, 4.69) is 35.0 Å². The third kappa shape index (κ3) is 1.88. The number of aromatic nitrogens is 1. The quantitative estimate of drug-likeness (QED) is 0.684. The summed E-state index contributed by atoms with van der Waals surface area (Å²) in [7, 11) is 0. The lowest BCUT2D eigenvalue weighted by Crippen LogP contribution is -2.20. The second-order valence-electron chi connectivity index (χ2n) is 5.20. The molecule has 0 spiro atoms. The Morgan fingerprint density at radius 3 is 2.90 bits per heavy atom. The van der Waals surface area contributed by atoms with E-state index in [0.29, 0.717) is 0 Å². The molecule has 3 aromatic rings. The fraction of sp³-hybridized carbons (Fsp3) is 0.176. The van der Waals surface area contributed by atoms with E-state index in [9.17, 15) is 0 Å². The molecule has 0 fully saturated rings. The normalized spacial score (nSPS) is 17.1. The topological polar surface area (TPSA) is 14.2 Å². The Bertz CT molecular complexity index is 753. The van der Waals surface area contributed by atoms with Gasteiger partial charge in [0.15, 0.2) is 0 Å². The number of ether oxygens (including phenoxy) is 1. The molecule has 1 aliphatic rings. The monoisotopic (exact) mass is 283 g/mol. The number of nitrogens with zero attached hydrogens (tertiary/aromatic N) is 1. The third-order valence-electron chi connectivity index (χ3n) is 3.85. The molecule has 3 heteroatoms. The van der Waals surface area contributed by atoms with E-state index in [1.54, 1.807) is 0 Å². The molecule has 1 aromatic heterocycles. The largest absolute Gasteiger partial charge is 0.488 e. The molecule has 2 heterocycles. The molecule has 0 saturated carbocycles. The van der Waals surface area contributed by atoms with Crippen molar-refractivity contribution in [3.63, 3.8) is 0 Å². The minimum atomic E-state index is 0.180. The summed E-state index contributed by atoms with van der Waals surface area (Å²) in [6, 6.07) is 16.4. The van der Waals surface area contributed by atoms with Crippen LogP contribution in [-0.4, -0.2) is 10.7 Å². The van der Waals surface area contributed by atoms with Crippen LogP contribution in [-0.2, 0) is 13.0 Å². The first kappa shape index (κ1) is 11.9. The molecule has 4 rings (SSSR count). The third-order valence-corrected chi connectivity index (χ3v) is 4.16. The number of hydrogen-bond acceptors (Lipinski definition) is 1. The highest BCUT2D eigenvalue weighted by Gasteiger charge is 2.23. The maximum Gasteiger partial charge on any atom is 0.123 e. The molecule has 1 unspecified atom stereocenters. The van der Waals surface area contributed by atoms with E-state index in [0.717, 1.165) is 29.3 Å². The molecule has 0 aliphatic carbocycles. The zero-order valence-corrected chi connectivity index (χ0v) is 11.7. The summed E-state index contributed by atoms with van der Waals surface area (Å²) in [5.74, 6) is 1.01. The summed E-state index contributed by atoms with van der Waals surface area (Å²) in [4.78, 5) is 0. The van der Waals surface area contributed by atoms with Crippen LogP contribution in [0.4, 0.5) is 0 Å². The van der Waals surface area contributed by atoms with E-state index in [1.165, 1.54) is 10.9 Å². The highest BCUT2D eigenvalue weighted by Crippen LogP contribution is 2.30. The Labute approximate surface area is 122 Å². The fourth-order valence-corrected chi connectivity index (χ4v) is 3.23. The van der Waals surface area contributed by atoms with Crippen molar-refractivity contribution >= 4 is 22.5 Å². The SMILES string of the molecule is Clc1cccc2ccn(CC3Cc4ccccc4O3)c12. The van der Waals surface area contributed by atoms with E-state index in [-0.39, 0.29) is 6.10 Å². The van der Waals surface area contributed by atoms with Crippen LogP contribution in [0.5, 0.6) is 5.75 Å². The number of benzene rings is 2. The van der Waals surface area contributed by atoms with Gasteiger partial charge in [-0.2, -0.15) is 0 Å². The Kier molecular flexibility index (Phi) is 2.71. The van der Waals surface area contributed by atoms with Crippen LogP contribution in [0.2, 0.25) is 5.02 Å². The summed E-state index contributed by atoms with van der Waals surface area (Å²) >= 11 is 6.32. The highest BCUT2D eigenvalue weighted by molar-refractivity contribution is 6.35. The Morgan fingerprint density at radius 1 is 1.10 bits per heavy atom. The molecule has 0 saturated heterocycles. The summed E-state index contributed by atoms with van der Waals surface area (Å²) in [5.41, 5.74) is 2.38. The predicted molar refractivity (Wildman–Crippen MR) is 81.5 cm³/mol. The van der Waals surface area contributed by atoms with Crippen LogP contribution in [0, 0.1) is 0 Å². The van der Waals surface area contributed by atoms with Gasteiger partial charge in [-0.15, -0.1) is 0 Å². The van der Waals surface area contributed by atoms with Crippen molar-refractivity contribution < 1.29 is 4.74 Å². The summed E-state index contributed by atoms with van der Waals surface area (Å²) < 4.78 is 8.19. The number of rotatable bonds is 2. The molecule has 1 atom stereocenters. The molecule has 0 radical (unpaired) electrons. The first-order chi connectivity index (χ1) is 9.81. The van der Waals surface area contributed by atoms with Crippen molar-refractivity contribution in [3.05, 3.63) is 65.3 Å². The molecular weight excluding hydrogens is 270 g/mol. The van der Waals surface area contributed by atoms with Gasteiger partial charge in [-0.1, -0.05) is 41.9 Å². The van der Waals surface area contributed by atoms with Crippen molar-refractivity contribution in [1.82, 2.24) is 4.57 Å². The van der Waals surface area contributed by atoms with E-state index in [4.69, 9.17) is 16.3 Å². The number of fused-ring (bicyclic) bond motifs is 2. The Morgan fingerprint density at radius 2 is 2.00 bits per heavy atom. The first-order valence-corrected chi connectivity index (χ1v) is 7.17. The molecule has 20 heavy (non-hydrogen) atoms. The zero-order chi connectivity index (χ0) is 13.5. The van der Waals surface area contributed by atoms with Crippen molar-refractivity contribution in [2.45, 2.75) is 19.1 Å². The van der Waals surface area contributed by atoms with Gasteiger partial charge in [0.2, 0.25) is 0 Å².